The van der Waals surface area contributed by atoms with E-state index in [1.807, 2.05) is 0 Å². The van der Waals surface area contributed by atoms with E-state index in [1.54, 1.807) is 28.8 Å². The number of amides is 1. The van der Waals surface area contributed by atoms with Crippen molar-refractivity contribution >= 4 is 17.5 Å². The highest BCUT2D eigenvalue weighted by Gasteiger charge is 2.49. The maximum Gasteiger partial charge on any atom is 0.296 e. The minimum Gasteiger partial charge on any atom is -0.320 e. The van der Waals surface area contributed by atoms with Crippen LogP contribution < -0.4 is 10.9 Å². The maximum atomic E-state index is 13.0. The van der Waals surface area contributed by atoms with Crippen LogP contribution in [-0.2, 0) is 5.66 Å². The van der Waals surface area contributed by atoms with Crippen molar-refractivity contribution in [2.45, 2.75) is 37.8 Å². The number of aromatic nitrogens is 4. The second kappa shape index (κ2) is 5.40. The zero-order chi connectivity index (χ0) is 16.7. The molecule has 1 saturated carbocycles. The van der Waals surface area contributed by atoms with Gasteiger partial charge in [0.2, 0.25) is 0 Å². The largest absolute Gasteiger partial charge is 0.320 e. The van der Waals surface area contributed by atoms with Crippen molar-refractivity contribution in [3.05, 3.63) is 40.8 Å². The van der Waals surface area contributed by atoms with Crippen molar-refractivity contribution in [1.82, 2.24) is 24.4 Å². The lowest BCUT2D eigenvalue weighted by Crippen LogP contribution is -2.49. The van der Waals surface area contributed by atoms with Crippen LogP contribution in [0.4, 0.5) is 11.6 Å². The lowest BCUT2D eigenvalue weighted by atomic mass is 9.88. The Labute approximate surface area is 138 Å². The number of nitrogens with one attached hydrogen (secondary N) is 1. The number of anilines is 2. The maximum absolute atomic E-state index is 13.0. The highest BCUT2D eigenvalue weighted by Crippen LogP contribution is 2.41. The molecular weight excluding hydrogens is 308 g/mol. The van der Waals surface area contributed by atoms with E-state index in [9.17, 15) is 9.59 Å². The third-order valence-electron chi connectivity index (χ3n) is 5.01. The molecule has 0 atom stereocenters. The van der Waals surface area contributed by atoms with E-state index in [0.717, 1.165) is 32.1 Å². The second-order valence-electron chi connectivity index (χ2n) is 6.26. The highest BCUT2D eigenvalue weighted by molar-refractivity contribution is 5.95. The summed E-state index contributed by atoms with van der Waals surface area (Å²) in [7, 11) is 1.78. The van der Waals surface area contributed by atoms with E-state index in [2.05, 4.69) is 20.3 Å². The fourth-order valence-corrected chi connectivity index (χ4v) is 3.78. The molecule has 2 aromatic rings. The number of hydrogen-bond donors (Lipinski definition) is 1. The molecule has 0 radical (unpaired) electrons. The Morgan fingerprint density at radius 1 is 1.17 bits per heavy atom. The first kappa shape index (κ1) is 14.8. The first-order valence-electron chi connectivity index (χ1n) is 8.07. The molecule has 24 heavy (non-hydrogen) atoms. The van der Waals surface area contributed by atoms with Crippen molar-refractivity contribution in [3.8, 4) is 0 Å². The molecule has 1 amide bonds. The summed E-state index contributed by atoms with van der Waals surface area (Å²) in [6.45, 7) is 0. The van der Waals surface area contributed by atoms with Crippen LogP contribution in [0.1, 0.15) is 42.6 Å². The van der Waals surface area contributed by atoms with E-state index >= 15 is 0 Å². The molecular formula is C16H18N6O2. The Balaban J connectivity index is 1.83. The Bertz CT molecular complexity index is 841. The molecule has 0 saturated heterocycles. The van der Waals surface area contributed by atoms with Gasteiger partial charge in [-0.1, -0.05) is 6.42 Å². The predicted octanol–water partition coefficient (Wildman–Crippen LogP) is 1.48. The molecule has 8 nitrogen and oxygen atoms in total. The van der Waals surface area contributed by atoms with Gasteiger partial charge in [0.15, 0.2) is 5.82 Å². The van der Waals surface area contributed by atoms with Crippen molar-refractivity contribution in [3.63, 3.8) is 0 Å². The van der Waals surface area contributed by atoms with Gasteiger partial charge in [0.05, 0.1) is 6.20 Å². The Hall–Kier alpha value is -2.77. The summed E-state index contributed by atoms with van der Waals surface area (Å²) in [5.74, 6) is 0.520. The van der Waals surface area contributed by atoms with Crippen LogP contribution in [-0.4, -0.2) is 37.4 Å². The second-order valence-corrected chi connectivity index (χ2v) is 6.26. The first-order chi connectivity index (χ1) is 11.6. The summed E-state index contributed by atoms with van der Waals surface area (Å²) in [6, 6.07) is 1.66. The molecule has 4 rings (SSSR count). The SMILES string of the molecule is CN1C(=O)c2cnc(Nc3ccncn3)c(=O)n2C12CCCCC2. The highest BCUT2D eigenvalue weighted by atomic mass is 16.2. The third kappa shape index (κ3) is 2.02. The summed E-state index contributed by atoms with van der Waals surface area (Å²) in [5.41, 5.74) is -0.490. The number of rotatable bonds is 2. The third-order valence-corrected chi connectivity index (χ3v) is 5.01. The van der Waals surface area contributed by atoms with E-state index in [-0.39, 0.29) is 17.3 Å². The minimum atomic E-state index is -0.563. The Morgan fingerprint density at radius 3 is 2.67 bits per heavy atom. The molecule has 0 aromatic carbocycles. The van der Waals surface area contributed by atoms with Crippen LogP contribution in [0.15, 0.2) is 29.6 Å². The van der Waals surface area contributed by atoms with Gasteiger partial charge in [0.1, 0.15) is 23.5 Å². The summed E-state index contributed by atoms with van der Waals surface area (Å²) < 4.78 is 1.63. The van der Waals surface area contributed by atoms with Gasteiger partial charge in [-0.15, -0.1) is 0 Å². The van der Waals surface area contributed by atoms with Gasteiger partial charge in [-0.3, -0.25) is 14.2 Å². The Kier molecular flexibility index (Phi) is 3.33. The van der Waals surface area contributed by atoms with E-state index in [1.165, 1.54) is 12.5 Å². The minimum absolute atomic E-state index is 0.143. The van der Waals surface area contributed by atoms with E-state index < -0.39 is 5.66 Å². The lowest BCUT2D eigenvalue weighted by Gasteiger charge is -2.40. The van der Waals surface area contributed by atoms with Gasteiger partial charge in [0.25, 0.3) is 11.5 Å². The smallest absolute Gasteiger partial charge is 0.296 e. The number of nitrogens with zero attached hydrogens (tertiary/aromatic N) is 5. The van der Waals surface area contributed by atoms with Gasteiger partial charge < -0.3 is 10.2 Å². The molecule has 1 fully saturated rings. The van der Waals surface area contributed by atoms with Crippen molar-refractivity contribution in [1.29, 1.82) is 0 Å². The molecule has 3 heterocycles. The molecule has 1 aliphatic carbocycles. The molecule has 1 aliphatic heterocycles. The number of hydrogen-bond acceptors (Lipinski definition) is 6. The van der Waals surface area contributed by atoms with Gasteiger partial charge in [-0.05, 0) is 31.7 Å². The standard InChI is InChI=1S/C16H18N6O2/c1-21-14(23)11-9-18-13(20-12-5-8-17-10-19-12)15(24)22(11)16(21)6-3-2-4-7-16/h5,8-10H,2-4,6-7H2,1H3,(H,17,18,19,20). The molecule has 1 spiro atoms. The first-order valence-corrected chi connectivity index (χ1v) is 8.07. The molecule has 8 heteroatoms. The summed E-state index contributed by atoms with van der Waals surface area (Å²) >= 11 is 0. The average Bonchev–Trinajstić information content (AvgIpc) is 2.82. The summed E-state index contributed by atoms with van der Waals surface area (Å²) in [4.78, 5) is 39.4. The quantitative estimate of drug-likeness (QED) is 0.898. The van der Waals surface area contributed by atoms with Crippen LogP contribution in [0.3, 0.4) is 0 Å². The molecule has 0 unspecified atom stereocenters. The topological polar surface area (TPSA) is 93.0 Å². The van der Waals surface area contributed by atoms with Crippen LogP contribution in [0.5, 0.6) is 0 Å². The summed E-state index contributed by atoms with van der Waals surface area (Å²) in [5, 5.41) is 2.93. The van der Waals surface area contributed by atoms with Crippen LogP contribution in [0, 0.1) is 0 Å². The van der Waals surface area contributed by atoms with Crippen molar-refractivity contribution in [2.24, 2.45) is 0 Å². The van der Waals surface area contributed by atoms with E-state index in [0.29, 0.717) is 11.5 Å². The fraction of sp³-hybridized carbons (Fsp3) is 0.438. The van der Waals surface area contributed by atoms with Gasteiger partial charge in [-0.2, -0.15) is 0 Å². The van der Waals surface area contributed by atoms with Gasteiger partial charge in [0, 0.05) is 13.2 Å². The fourth-order valence-electron chi connectivity index (χ4n) is 3.78. The van der Waals surface area contributed by atoms with Crippen LogP contribution in [0.25, 0.3) is 0 Å². The number of fused-ring (bicyclic) bond motifs is 2. The average molecular weight is 326 g/mol. The van der Waals surface area contributed by atoms with Gasteiger partial charge >= 0.3 is 0 Å². The molecule has 2 aromatic heterocycles. The lowest BCUT2D eigenvalue weighted by molar-refractivity contribution is 0.0272. The monoisotopic (exact) mass is 326 g/mol. The normalized spacial score (nSPS) is 18.7. The van der Waals surface area contributed by atoms with Crippen molar-refractivity contribution in [2.75, 3.05) is 12.4 Å². The van der Waals surface area contributed by atoms with Crippen LogP contribution >= 0.6 is 0 Å². The van der Waals surface area contributed by atoms with Crippen LogP contribution in [0.2, 0.25) is 0 Å². The molecule has 1 N–H and O–H groups in total. The summed E-state index contributed by atoms with van der Waals surface area (Å²) in [6.07, 6.45) is 9.17. The molecule has 124 valence electrons. The van der Waals surface area contributed by atoms with E-state index in [4.69, 9.17) is 0 Å². The van der Waals surface area contributed by atoms with Crippen molar-refractivity contribution < 1.29 is 4.79 Å². The number of carbonyl (C=O) groups excluding carboxylic acids is 1. The van der Waals surface area contributed by atoms with Gasteiger partial charge in [-0.25, -0.2) is 15.0 Å². The zero-order valence-corrected chi connectivity index (χ0v) is 13.4. The Morgan fingerprint density at radius 2 is 1.96 bits per heavy atom. The predicted molar refractivity (Wildman–Crippen MR) is 87.0 cm³/mol. The number of carbonyl (C=O) groups is 1. The zero-order valence-electron chi connectivity index (χ0n) is 13.4. The molecule has 2 aliphatic rings. The molecule has 0 bridgehead atoms.